The maximum atomic E-state index is 10.9. The molecule has 0 radical (unpaired) electrons. The third-order valence-corrected chi connectivity index (χ3v) is 3.39. The summed E-state index contributed by atoms with van der Waals surface area (Å²) in [6.45, 7) is 3.70. The highest BCUT2D eigenvalue weighted by atomic mass is 32.2. The van der Waals surface area contributed by atoms with Crippen molar-refractivity contribution in [2.24, 2.45) is 0 Å². The first-order chi connectivity index (χ1) is 5.55. The molecule has 0 bridgehead atoms. The van der Waals surface area contributed by atoms with Gasteiger partial charge in [-0.25, -0.2) is 8.42 Å². The Morgan fingerprint density at radius 1 is 1.58 bits per heavy atom. The first-order valence-corrected chi connectivity index (χ1v) is 5.48. The summed E-state index contributed by atoms with van der Waals surface area (Å²) >= 11 is 0. The van der Waals surface area contributed by atoms with Gasteiger partial charge in [0.05, 0.1) is 30.3 Å². The van der Waals surface area contributed by atoms with Gasteiger partial charge in [0.1, 0.15) is 0 Å². The van der Waals surface area contributed by atoms with E-state index < -0.39 is 22.0 Å². The molecule has 0 aliphatic carbocycles. The fraction of sp³-hybridized carbons (Fsp3) is 0.714. The van der Waals surface area contributed by atoms with Crippen LogP contribution in [-0.2, 0) is 14.6 Å². The highest BCUT2D eigenvalue weighted by molar-refractivity contribution is 7.91. The minimum absolute atomic E-state index is 0.0813. The van der Waals surface area contributed by atoms with Crippen molar-refractivity contribution < 1.29 is 18.3 Å². The van der Waals surface area contributed by atoms with Gasteiger partial charge in [-0.05, 0) is 0 Å². The Balaban J connectivity index is 2.52. The van der Waals surface area contributed by atoms with Crippen LogP contribution in [0.25, 0.3) is 0 Å². The van der Waals surface area contributed by atoms with Crippen LogP contribution in [0, 0.1) is 0 Å². The van der Waals surface area contributed by atoms with Crippen LogP contribution >= 0.6 is 0 Å². The minimum Gasteiger partial charge on any atom is -0.389 e. The summed E-state index contributed by atoms with van der Waals surface area (Å²) in [5, 5.41) is 9.21. The molecule has 1 aliphatic heterocycles. The third kappa shape index (κ3) is 2.30. The summed E-state index contributed by atoms with van der Waals surface area (Å²) in [4.78, 5) is 0. The van der Waals surface area contributed by atoms with Gasteiger partial charge in [-0.1, -0.05) is 6.08 Å². The van der Waals surface area contributed by atoms with Crippen LogP contribution < -0.4 is 0 Å². The van der Waals surface area contributed by atoms with Crippen LogP contribution in [-0.4, -0.2) is 43.8 Å². The van der Waals surface area contributed by atoms with Crippen molar-refractivity contribution in [1.82, 2.24) is 0 Å². The van der Waals surface area contributed by atoms with E-state index in [1.165, 1.54) is 6.08 Å². The highest BCUT2D eigenvalue weighted by Crippen LogP contribution is 2.15. The molecule has 0 saturated carbocycles. The molecule has 1 fully saturated rings. The van der Waals surface area contributed by atoms with E-state index in [9.17, 15) is 13.5 Å². The van der Waals surface area contributed by atoms with Crippen molar-refractivity contribution in [3.8, 4) is 0 Å². The number of ether oxygens (including phenoxy) is 1. The van der Waals surface area contributed by atoms with E-state index in [1.807, 2.05) is 0 Å². The van der Waals surface area contributed by atoms with E-state index in [4.69, 9.17) is 4.74 Å². The van der Waals surface area contributed by atoms with Crippen LogP contribution in [0.3, 0.4) is 0 Å². The van der Waals surface area contributed by atoms with E-state index in [1.54, 1.807) is 0 Å². The lowest BCUT2D eigenvalue weighted by Gasteiger charge is -2.11. The Morgan fingerprint density at radius 2 is 2.25 bits per heavy atom. The van der Waals surface area contributed by atoms with Gasteiger partial charge >= 0.3 is 0 Å². The van der Waals surface area contributed by atoms with Crippen LogP contribution in [0.2, 0.25) is 0 Å². The summed E-state index contributed by atoms with van der Waals surface area (Å²) < 4.78 is 27.0. The van der Waals surface area contributed by atoms with Gasteiger partial charge < -0.3 is 9.84 Å². The number of hydrogen-bond donors (Lipinski definition) is 1. The molecular weight excluding hydrogens is 180 g/mol. The molecule has 1 rings (SSSR count). The molecule has 2 atom stereocenters. The van der Waals surface area contributed by atoms with Gasteiger partial charge in [0.15, 0.2) is 9.84 Å². The monoisotopic (exact) mass is 192 g/mol. The van der Waals surface area contributed by atoms with Gasteiger partial charge in [0, 0.05) is 0 Å². The van der Waals surface area contributed by atoms with Crippen molar-refractivity contribution >= 4 is 9.84 Å². The lowest BCUT2D eigenvalue weighted by atomic mass is 10.3. The first-order valence-electron chi connectivity index (χ1n) is 3.66. The molecule has 0 amide bonds. The van der Waals surface area contributed by atoms with Crippen molar-refractivity contribution in [3.63, 3.8) is 0 Å². The van der Waals surface area contributed by atoms with Crippen molar-refractivity contribution in [1.29, 1.82) is 0 Å². The highest BCUT2D eigenvalue weighted by Gasteiger charge is 2.36. The lowest BCUT2D eigenvalue weighted by molar-refractivity contribution is 0.00520. The molecule has 12 heavy (non-hydrogen) atoms. The molecule has 0 unspecified atom stereocenters. The maximum absolute atomic E-state index is 10.9. The quantitative estimate of drug-likeness (QED) is 0.603. The number of aliphatic hydroxyl groups excluding tert-OH is 1. The van der Waals surface area contributed by atoms with E-state index >= 15 is 0 Å². The van der Waals surface area contributed by atoms with Gasteiger partial charge in [-0.2, -0.15) is 0 Å². The number of aliphatic hydroxyl groups is 1. The number of hydrogen-bond acceptors (Lipinski definition) is 4. The molecule has 5 heteroatoms. The predicted molar refractivity (Wildman–Crippen MR) is 44.6 cm³/mol. The molecule has 4 nitrogen and oxygen atoms in total. The third-order valence-electron chi connectivity index (χ3n) is 1.70. The second-order valence-electron chi connectivity index (χ2n) is 2.80. The van der Waals surface area contributed by atoms with Gasteiger partial charge in [0.25, 0.3) is 0 Å². The number of sulfone groups is 1. The average molecular weight is 192 g/mol. The largest absolute Gasteiger partial charge is 0.389 e. The fourth-order valence-electron chi connectivity index (χ4n) is 1.15. The van der Waals surface area contributed by atoms with Gasteiger partial charge in [-0.15, -0.1) is 6.58 Å². The van der Waals surface area contributed by atoms with E-state index in [0.29, 0.717) is 0 Å². The lowest BCUT2D eigenvalue weighted by Crippen LogP contribution is -2.26. The normalized spacial score (nSPS) is 33.4. The van der Waals surface area contributed by atoms with Crippen molar-refractivity contribution in [2.75, 3.05) is 18.1 Å². The van der Waals surface area contributed by atoms with Crippen LogP contribution in [0.15, 0.2) is 12.7 Å². The molecule has 1 aliphatic rings. The maximum Gasteiger partial charge on any atom is 0.155 e. The van der Waals surface area contributed by atoms with Gasteiger partial charge in [0.2, 0.25) is 0 Å². The zero-order valence-corrected chi connectivity index (χ0v) is 7.46. The summed E-state index contributed by atoms with van der Waals surface area (Å²) in [5.74, 6) is -0.267. The zero-order chi connectivity index (χ0) is 9.19. The molecule has 1 heterocycles. The topological polar surface area (TPSA) is 63.6 Å². The Hall–Kier alpha value is -0.390. The van der Waals surface area contributed by atoms with Crippen LogP contribution in [0.5, 0.6) is 0 Å². The minimum atomic E-state index is -3.08. The molecule has 70 valence electrons. The molecule has 0 spiro atoms. The fourth-order valence-corrected chi connectivity index (χ4v) is 2.84. The van der Waals surface area contributed by atoms with Crippen molar-refractivity contribution in [3.05, 3.63) is 12.7 Å². The zero-order valence-electron chi connectivity index (χ0n) is 6.64. The Kier molecular flexibility index (Phi) is 2.87. The molecular formula is C7H12O4S. The molecule has 1 saturated heterocycles. The Bertz CT molecular complexity index is 257. The van der Waals surface area contributed by atoms with Gasteiger partial charge in [-0.3, -0.25) is 0 Å². The second kappa shape index (κ2) is 3.55. The van der Waals surface area contributed by atoms with E-state index in [-0.39, 0.29) is 18.1 Å². The molecule has 0 aromatic rings. The Labute approximate surface area is 71.8 Å². The SMILES string of the molecule is C=CCO[C@H]1CS(=O)(=O)C[C@@H]1O. The van der Waals surface area contributed by atoms with E-state index in [0.717, 1.165) is 0 Å². The molecule has 0 aromatic heterocycles. The molecule has 1 N–H and O–H groups in total. The summed E-state index contributed by atoms with van der Waals surface area (Å²) in [7, 11) is -3.08. The summed E-state index contributed by atoms with van der Waals surface area (Å²) in [6, 6.07) is 0. The summed E-state index contributed by atoms with van der Waals surface area (Å²) in [6.07, 6.45) is 0.0699. The summed E-state index contributed by atoms with van der Waals surface area (Å²) in [5.41, 5.74) is 0. The van der Waals surface area contributed by atoms with E-state index in [2.05, 4.69) is 6.58 Å². The van der Waals surface area contributed by atoms with Crippen LogP contribution in [0.4, 0.5) is 0 Å². The predicted octanol–water partition coefficient (Wildman–Crippen LogP) is -0.653. The number of rotatable bonds is 3. The smallest absolute Gasteiger partial charge is 0.155 e. The average Bonchev–Trinajstić information content (AvgIpc) is 2.20. The first kappa shape index (κ1) is 9.70. The van der Waals surface area contributed by atoms with Crippen molar-refractivity contribution in [2.45, 2.75) is 12.2 Å². The standard InChI is InChI=1S/C7H12O4S/c1-2-3-11-7-5-12(9,10)4-6(7)8/h2,6-8H,1,3-5H2/t6-,7-/m0/s1. The Morgan fingerprint density at radius 3 is 2.67 bits per heavy atom. The molecule has 0 aromatic carbocycles. The second-order valence-corrected chi connectivity index (χ2v) is 4.96. The van der Waals surface area contributed by atoms with Crippen LogP contribution in [0.1, 0.15) is 0 Å².